The minimum absolute atomic E-state index is 0.442. The van der Waals surface area contributed by atoms with Gasteiger partial charge in [-0.2, -0.15) is 5.10 Å². The Morgan fingerprint density at radius 3 is 2.85 bits per heavy atom. The first-order chi connectivity index (χ1) is 9.63. The predicted octanol–water partition coefficient (Wildman–Crippen LogP) is 3.84. The maximum Gasteiger partial charge on any atom is 0.152 e. The second kappa shape index (κ2) is 5.08. The smallest absolute Gasteiger partial charge is 0.152 e. The molecule has 0 amide bonds. The van der Waals surface area contributed by atoms with Crippen LogP contribution >= 0.6 is 0 Å². The molecule has 0 unspecified atom stereocenters. The lowest BCUT2D eigenvalue weighted by molar-refractivity contribution is 0.485. The van der Waals surface area contributed by atoms with Gasteiger partial charge in [0.1, 0.15) is 5.52 Å². The number of aromatic nitrogens is 3. The molecule has 1 aliphatic carbocycles. The van der Waals surface area contributed by atoms with Crippen LogP contribution in [0, 0.1) is 5.41 Å². The normalized spacial score (nSPS) is 16.8. The number of nitrogens with one attached hydrogen (secondary N) is 1. The van der Waals surface area contributed by atoms with Crippen molar-refractivity contribution in [2.45, 2.75) is 52.4 Å². The lowest BCUT2D eigenvalue weighted by atomic mass is 10.0. The first-order valence-corrected chi connectivity index (χ1v) is 7.72. The van der Waals surface area contributed by atoms with Crippen LogP contribution in [0.2, 0.25) is 0 Å². The summed E-state index contributed by atoms with van der Waals surface area (Å²) in [5.41, 5.74) is 2.74. The molecule has 1 fully saturated rings. The zero-order valence-corrected chi connectivity index (χ0v) is 12.7. The molecule has 1 saturated carbocycles. The van der Waals surface area contributed by atoms with Crippen LogP contribution in [0.15, 0.2) is 18.5 Å². The van der Waals surface area contributed by atoms with Crippen LogP contribution in [0.3, 0.4) is 0 Å². The number of nitrogens with zero attached hydrogens (tertiary/aromatic N) is 3. The van der Waals surface area contributed by atoms with Crippen molar-refractivity contribution < 1.29 is 0 Å². The highest BCUT2D eigenvalue weighted by Gasteiger charge is 2.41. The largest absolute Gasteiger partial charge is 0.368 e. The molecule has 1 N–H and O–H groups in total. The van der Waals surface area contributed by atoms with Crippen molar-refractivity contribution in [3.05, 3.63) is 24.2 Å². The quantitative estimate of drug-likeness (QED) is 0.868. The van der Waals surface area contributed by atoms with Gasteiger partial charge in [0.25, 0.3) is 0 Å². The van der Waals surface area contributed by atoms with Crippen molar-refractivity contribution in [2.75, 3.05) is 11.9 Å². The lowest BCUT2D eigenvalue weighted by Gasteiger charge is -2.15. The second-order valence-corrected chi connectivity index (χ2v) is 6.43. The summed E-state index contributed by atoms with van der Waals surface area (Å²) in [5, 5.41) is 8.16. The van der Waals surface area contributed by atoms with E-state index in [2.05, 4.69) is 42.2 Å². The molecule has 0 bridgehead atoms. The van der Waals surface area contributed by atoms with Gasteiger partial charge in [-0.15, -0.1) is 0 Å². The average molecular weight is 272 g/mol. The average Bonchev–Trinajstić information content (AvgIpc) is 3.03. The maximum absolute atomic E-state index is 4.61. The van der Waals surface area contributed by atoms with Crippen molar-refractivity contribution in [2.24, 2.45) is 5.41 Å². The molecular formula is C16H24N4. The summed E-state index contributed by atoms with van der Waals surface area (Å²) in [7, 11) is 0. The molecule has 0 radical (unpaired) electrons. The van der Waals surface area contributed by atoms with Gasteiger partial charge in [-0.1, -0.05) is 27.2 Å². The number of rotatable bonds is 6. The van der Waals surface area contributed by atoms with Crippen LogP contribution < -0.4 is 5.32 Å². The van der Waals surface area contributed by atoms with Crippen molar-refractivity contribution >= 4 is 11.3 Å². The fourth-order valence-electron chi connectivity index (χ4n) is 2.85. The Labute approximate surface area is 120 Å². The second-order valence-electron chi connectivity index (χ2n) is 6.43. The van der Waals surface area contributed by atoms with E-state index in [-0.39, 0.29) is 0 Å². The molecule has 1 aliphatic rings. The zero-order valence-electron chi connectivity index (χ0n) is 12.7. The molecule has 4 nitrogen and oxygen atoms in total. The summed E-state index contributed by atoms with van der Waals surface area (Å²) in [4.78, 5) is 4.50. The third kappa shape index (κ3) is 2.51. The van der Waals surface area contributed by atoms with Gasteiger partial charge in [0.05, 0.1) is 5.69 Å². The monoisotopic (exact) mass is 272 g/mol. The molecule has 0 atom stereocenters. The van der Waals surface area contributed by atoms with Crippen molar-refractivity contribution in [1.82, 2.24) is 14.6 Å². The van der Waals surface area contributed by atoms with Crippen LogP contribution in [0.25, 0.3) is 5.52 Å². The molecule has 0 spiro atoms. The molecular weight excluding hydrogens is 248 g/mol. The maximum atomic E-state index is 4.61. The van der Waals surface area contributed by atoms with E-state index in [1.54, 1.807) is 0 Å². The van der Waals surface area contributed by atoms with Crippen molar-refractivity contribution in [1.29, 1.82) is 0 Å². The fourth-order valence-corrected chi connectivity index (χ4v) is 2.85. The molecule has 108 valence electrons. The van der Waals surface area contributed by atoms with Crippen LogP contribution in [0.1, 0.15) is 58.1 Å². The van der Waals surface area contributed by atoms with Gasteiger partial charge < -0.3 is 5.32 Å². The van der Waals surface area contributed by atoms with Gasteiger partial charge in [0, 0.05) is 18.9 Å². The topological polar surface area (TPSA) is 42.2 Å². The molecule has 2 aromatic heterocycles. The van der Waals surface area contributed by atoms with Gasteiger partial charge in [-0.25, -0.2) is 9.50 Å². The Balaban J connectivity index is 1.81. The standard InChI is InChI=1S/C16H24N4/c1-4-5-16(6-7-16)11-18-15-14-10-13(12(2)3)19-20(14)9-8-17-15/h8-10,12H,4-7,11H2,1-3H3,(H,17,18). The number of hydrogen-bond acceptors (Lipinski definition) is 3. The summed E-state index contributed by atoms with van der Waals surface area (Å²) in [5.74, 6) is 1.41. The van der Waals surface area contributed by atoms with E-state index in [0.717, 1.165) is 23.6 Å². The van der Waals surface area contributed by atoms with E-state index in [1.807, 2.05) is 16.9 Å². The summed E-state index contributed by atoms with van der Waals surface area (Å²) >= 11 is 0. The van der Waals surface area contributed by atoms with E-state index in [1.165, 1.54) is 25.7 Å². The van der Waals surface area contributed by atoms with Crippen molar-refractivity contribution in [3.8, 4) is 0 Å². The van der Waals surface area contributed by atoms with Gasteiger partial charge in [0.15, 0.2) is 5.82 Å². The highest BCUT2D eigenvalue weighted by molar-refractivity contribution is 5.68. The van der Waals surface area contributed by atoms with Gasteiger partial charge in [-0.05, 0) is 36.7 Å². The first kappa shape index (κ1) is 13.4. The number of anilines is 1. The van der Waals surface area contributed by atoms with E-state index in [0.29, 0.717) is 11.3 Å². The number of hydrogen-bond donors (Lipinski definition) is 1. The Kier molecular flexibility index (Phi) is 3.40. The van der Waals surface area contributed by atoms with Crippen LogP contribution in [0.5, 0.6) is 0 Å². The summed E-state index contributed by atoms with van der Waals surface area (Å²) in [6.45, 7) is 7.64. The van der Waals surface area contributed by atoms with Gasteiger partial charge >= 0.3 is 0 Å². The summed E-state index contributed by atoms with van der Waals surface area (Å²) in [6.07, 6.45) is 9.04. The Hall–Kier alpha value is -1.58. The molecule has 2 heterocycles. The van der Waals surface area contributed by atoms with Crippen molar-refractivity contribution in [3.63, 3.8) is 0 Å². The van der Waals surface area contributed by atoms with Crippen LogP contribution in [0.4, 0.5) is 5.82 Å². The summed E-state index contributed by atoms with van der Waals surface area (Å²) in [6, 6.07) is 2.15. The Morgan fingerprint density at radius 2 is 2.20 bits per heavy atom. The minimum atomic E-state index is 0.442. The molecule has 20 heavy (non-hydrogen) atoms. The molecule has 0 aromatic carbocycles. The molecule has 4 heteroatoms. The SMILES string of the molecule is CCCC1(CNc2nccn3nc(C(C)C)cc23)CC1. The number of fused-ring (bicyclic) bond motifs is 1. The Morgan fingerprint density at radius 1 is 1.40 bits per heavy atom. The first-order valence-electron chi connectivity index (χ1n) is 7.72. The molecule has 3 rings (SSSR count). The Bertz CT molecular complexity index is 596. The molecule has 2 aromatic rings. The van der Waals surface area contributed by atoms with E-state index in [9.17, 15) is 0 Å². The molecule has 0 saturated heterocycles. The highest BCUT2D eigenvalue weighted by atomic mass is 15.2. The van der Waals surface area contributed by atoms with Gasteiger partial charge in [-0.3, -0.25) is 0 Å². The third-order valence-corrected chi connectivity index (χ3v) is 4.37. The lowest BCUT2D eigenvalue weighted by Crippen LogP contribution is -2.16. The molecule has 0 aliphatic heterocycles. The van der Waals surface area contributed by atoms with E-state index in [4.69, 9.17) is 0 Å². The van der Waals surface area contributed by atoms with E-state index >= 15 is 0 Å². The third-order valence-electron chi connectivity index (χ3n) is 4.37. The van der Waals surface area contributed by atoms with Gasteiger partial charge in [0.2, 0.25) is 0 Å². The van der Waals surface area contributed by atoms with Crippen LogP contribution in [-0.4, -0.2) is 21.1 Å². The minimum Gasteiger partial charge on any atom is -0.368 e. The van der Waals surface area contributed by atoms with E-state index < -0.39 is 0 Å². The predicted molar refractivity (Wildman–Crippen MR) is 82.1 cm³/mol. The highest BCUT2D eigenvalue weighted by Crippen LogP contribution is 2.49. The fraction of sp³-hybridized carbons (Fsp3) is 0.625. The zero-order chi connectivity index (χ0) is 14.2. The van der Waals surface area contributed by atoms with Crippen LogP contribution in [-0.2, 0) is 0 Å². The summed E-state index contributed by atoms with van der Waals surface area (Å²) < 4.78 is 1.93.